The fourth-order valence-corrected chi connectivity index (χ4v) is 2.86. The molecule has 1 aromatic carbocycles. The Balaban J connectivity index is 2.44. The van der Waals surface area contributed by atoms with Gasteiger partial charge in [-0.25, -0.2) is 21.9 Å². The molecule has 0 atom stereocenters. The fraction of sp³-hybridized carbons (Fsp3) is 0.400. The van der Waals surface area contributed by atoms with Crippen LogP contribution in [0.2, 0.25) is 0 Å². The third kappa shape index (κ3) is 2.46. The molecule has 0 heterocycles. The summed E-state index contributed by atoms with van der Waals surface area (Å²) < 4.78 is 52.8. The Hall–Kier alpha value is -1.05. The summed E-state index contributed by atoms with van der Waals surface area (Å²) in [6, 6.07) is 1.69. The first-order valence-corrected chi connectivity index (χ1v) is 6.63. The summed E-state index contributed by atoms with van der Waals surface area (Å²) in [4.78, 5) is -0.550. The second-order valence-corrected chi connectivity index (χ2v) is 5.62. The van der Waals surface area contributed by atoms with Crippen molar-refractivity contribution in [3.05, 3.63) is 29.3 Å². The third-order valence-corrected chi connectivity index (χ3v) is 4.08. The van der Waals surface area contributed by atoms with Crippen LogP contribution in [0.1, 0.15) is 18.4 Å². The number of halogens is 2. The van der Waals surface area contributed by atoms with Gasteiger partial charge in [0.2, 0.25) is 10.0 Å². The van der Waals surface area contributed by atoms with Crippen molar-refractivity contribution in [3.63, 3.8) is 0 Å². The average molecular weight is 262 g/mol. The molecule has 1 fully saturated rings. The van der Waals surface area contributed by atoms with Crippen molar-refractivity contribution < 1.29 is 17.2 Å². The molecule has 3 N–H and O–H groups in total. The highest BCUT2D eigenvalue weighted by molar-refractivity contribution is 7.89. The van der Waals surface area contributed by atoms with Crippen LogP contribution in [0.4, 0.5) is 8.78 Å². The van der Waals surface area contributed by atoms with Crippen molar-refractivity contribution in [1.29, 1.82) is 0 Å². The van der Waals surface area contributed by atoms with Gasteiger partial charge >= 0.3 is 0 Å². The maximum atomic E-state index is 13.8. The lowest BCUT2D eigenvalue weighted by molar-refractivity contribution is 0.525. The first-order chi connectivity index (χ1) is 7.95. The van der Waals surface area contributed by atoms with Crippen LogP contribution in [0.15, 0.2) is 17.0 Å². The Morgan fingerprint density at radius 3 is 2.53 bits per heavy atom. The van der Waals surface area contributed by atoms with Crippen LogP contribution >= 0.6 is 0 Å². The number of benzene rings is 1. The van der Waals surface area contributed by atoms with Gasteiger partial charge < -0.3 is 5.73 Å². The molecule has 1 aliphatic carbocycles. The molecule has 94 valence electrons. The standard InChI is InChI=1S/C10H12F2N2O2S/c11-8-3-4-9(10(12)7(8)5-13)17(15,16)14-6-1-2-6/h3-4,6,14H,1-2,5,13H2. The largest absolute Gasteiger partial charge is 0.326 e. The smallest absolute Gasteiger partial charge is 0.243 e. The van der Waals surface area contributed by atoms with Crippen LogP contribution < -0.4 is 10.5 Å². The summed E-state index contributed by atoms with van der Waals surface area (Å²) in [5.41, 5.74) is 4.77. The van der Waals surface area contributed by atoms with Crippen LogP contribution in [0.5, 0.6) is 0 Å². The molecule has 2 rings (SSSR count). The first kappa shape index (κ1) is 12.4. The van der Waals surface area contributed by atoms with E-state index in [1.807, 2.05) is 0 Å². The van der Waals surface area contributed by atoms with Crippen molar-refractivity contribution in [1.82, 2.24) is 4.72 Å². The maximum Gasteiger partial charge on any atom is 0.243 e. The van der Waals surface area contributed by atoms with Crippen LogP contribution in [-0.2, 0) is 16.6 Å². The first-order valence-electron chi connectivity index (χ1n) is 5.15. The second-order valence-electron chi connectivity index (χ2n) is 3.94. The minimum absolute atomic E-state index is 0.134. The van der Waals surface area contributed by atoms with Crippen molar-refractivity contribution in [3.8, 4) is 0 Å². The molecule has 0 bridgehead atoms. The Kier molecular flexibility index (Phi) is 3.15. The van der Waals surface area contributed by atoms with Gasteiger partial charge in [0.05, 0.1) is 0 Å². The van der Waals surface area contributed by atoms with E-state index in [-0.39, 0.29) is 12.6 Å². The average Bonchev–Trinajstić information content (AvgIpc) is 3.01. The van der Waals surface area contributed by atoms with Crippen LogP contribution in [0, 0.1) is 11.6 Å². The molecule has 0 aliphatic heterocycles. The summed E-state index contributed by atoms with van der Waals surface area (Å²) in [5, 5.41) is 0. The predicted octanol–water partition coefficient (Wildman–Crippen LogP) is 0.864. The summed E-state index contributed by atoms with van der Waals surface area (Å²) in [6.45, 7) is -0.384. The normalized spacial score (nSPS) is 16.2. The molecule has 0 spiro atoms. The molecule has 0 unspecified atom stereocenters. The molecule has 0 saturated heterocycles. The topological polar surface area (TPSA) is 72.2 Å². The van der Waals surface area contributed by atoms with Crippen molar-refractivity contribution in [2.75, 3.05) is 0 Å². The van der Waals surface area contributed by atoms with E-state index in [9.17, 15) is 17.2 Å². The van der Waals surface area contributed by atoms with Gasteiger partial charge in [-0.2, -0.15) is 0 Å². The lowest BCUT2D eigenvalue weighted by Crippen LogP contribution is -2.27. The molecule has 17 heavy (non-hydrogen) atoms. The minimum Gasteiger partial charge on any atom is -0.326 e. The minimum atomic E-state index is -3.92. The summed E-state index contributed by atoms with van der Waals surface area (Å²) >= 11 is 0. The van der Waals surface area contributed by atoms with E-state index in [0.717, 1.165) is 25.0 Å². The molecule has 0 amide bonds. The molecule has 1 aromatic rings. The van der Waals surface area contributed by atoms with Crippen LogP contribution in [-0.4, -0.2) is 14.5 Å². The maximum absolute atomic E-state index is 13.8. The highest BCUT2D eigenvalue weighted by Gasteiger charge is 2.30. The number of hydrogen-bond acceptors (Lipinski definition) is 3. The van der Waals surface area contributed by atoms with Crippen molar-refractivity contribution >= 4 is 10.0 Å². The fourth-order valence-electron chi connectivity index (χ4n) is 1.45. The van der Waals surface area contributed by atoms with Gasteiger partial charge in [-0.15, -0.1) is 0 Å². The highest BCUT2D eigenvalue weighted by Crippen LogP contribution is 2.25. The van der Waals surface area contributed by atoms with Gasteiger partial charge in [0.1, 0.15) is 10.7 Å². The number of rotatable bonds is 4. The molecular formula is C10H12F2N2O2S. The number of nitrogens with two attached hydrogens (primary N) is 1. The summed E-state index contributed by atoms with van der Waals surface area (Å²) in [5.74, 6) is -1.95. The quantitative estimate of drug-likeness (QED) is 0.845. The SMILES string of the molecule is NCc1c(F)ccc(S(=O)(=O)NC2CC2)c1F. The molecule has 1 saturated carbocycles. The summed E-state index contributed by atoms with van der Waals surface area (Å²) in [6.07, 6.45) is 1.48. The van der Waals surface area contributed by atoms with Crippen LogP contribution in [0.3, 0.4) is 0 Å². The Morgan fingerprint density at radius 2 is 2.00 bits per heavy atom. The molecule has 4 nitrogen and oxygen atoms in total. The Morgan fingerprint density at radius 1 is 1.35 bits per heavy atom. The van der Waals surface area contributed by atoms with Gasteiger partial charge in [0.25, 0.3) is 0 Å². The summed E-state index contributed by atoms with van der Waals surface area (Å²) in [7, 11) is -3.92. The van der Waals surface area contributed by atoms with E-state index in [2.05, 4.69) is 4.72 Å². The lowest BCUT2D eigenvalue weighted by atomic mass is 10.2. The molecule has 1 aliphatic rings. The zero-order valence-electron chi connectivity index (χ0n) is 8.91. The predicted molar refractivity (Wildman–Crippen MR) is 57.6 cm³/mol. The van der Waals surface area contributed by atoms with Gasteiger partial charge in [-0.3, -0.25) is 0 Å². The monoisotopic (exact) mass is 262 g/mol. The lowest BCUT2D eigenvalue weighted by Gasteiger charge is -2.09. The van der Waals surface area contributed by atoms with Crippen molar-refractivity contribution in [2.24, 2.45) is 5.73 Å². The van der Waals surface area contributed by atoms with Crippen LogP contribution in [0.25, 0.3) is 0 Å². The zero-order chi connectivity index (χ0) is 12.6. The molecule has 7 heteroatoms. The van der Waals surface area contributed by atoms with E-state index in [1.165, 1.54) is 0 Å². The van der Waals surface area contributed by atoms with Gasteiger partial charge in [-0.05, 0) is 25.0 Å². The highest BCUT2D eigenvalue weighted by atomic mass is 32.2. The van der Waals surface area contributed by atoms with E-state index >= 15 is 0 Å². The number of nitrogens with one attached hydrogen (secondary N) is 1. The van der Waals surface area contributed by atoms with Gasteiger partial charge in [0.15, 0.2) is 5.82 Å². The zero-order valence-corrected chi connectivity index (χ0v) is 9.73. The molecule has 0 aromatic heterocycles. The van der Waals surface area contributed by atoms with E-state index < -0.39 is 32.1 Å². The Bertz CT molecular complexity index is 541. The van der Waals surface area contributed by atoms with Gasteiger partial charge in [0, 0.05) is 18.2 Å². The van der Waals surface area contributed by atoms with E-state index in [0.29, 0.717) is 0 Å². The van der Waals surface area contributed by atoms with Crippen molar-refractivity contribution in [2.45, 2.75) is 30.3 Å². The van der Waals surface area contributed by atoms with Gasteiger partial charge in [-0.1, -0.05) is 0 Å². The second kappa shape index (κ2) is 4.32. The van der Waals surface area contributed by atoms with E-state index in [4.69, 9.17) is 5.73 Å². The molecular weight excluding hydrogens is 250 g/mol. The van der Waals surface area contributed by atoms with E-state index in [1.54, 1.807) is 0 Å². The molecule has 0 radical (unpaired) electrons. The number of sulfonamides is 1. The number of hydrogen-bond donors (Lipinski definition) is 2. The Labute approximate surface area is 97.9 Å². The third-order valence-electron chi connectivity index (χ3n) is 2.54.